The van der Waals surface area contributed by atoms with Crippen molar-refractivity contribution in [1.29, 1.82) is 0 Å². The molecular formula is C17H19N3O. The van der Waals surface area contributed by atoms with Crippen LogP contribution in [0.3, 0.4) is 0 Å². The minimum absolute atomic E-state index is 0.0131. The predicted octanol–water partition coefficient (Wildman–Crippen LogP) is 2.27. The Labute approximate surface area is 124 Å². The van der Waals surface area contributed by atoms with E-state index in [1.807, 2.05) is 42.5 Å². The van der Waals surface area contributed by atoms with Crippen molar-refractivity contribution in [3.63, 3.8) is 0 Å². The van der Waals surface area contributed by atoms with Crippen LogP contribution in [0.4, 0.5) is 11.4 Å². The first kappa shape index (κ1) is 13.6. The molecule has 0 spiro atoms. The van der Waals surface area contributed by atoms with E-state index in [2.05, 4.69) is 16.3 Å². The summed E-state index contributed by atoms with van der Waals surface area (Å²) in [7, 11) is 0. The van der Waals surface area contributed by atoms with Crippen LogP contribution in [0, 0.1) is 0 Å². The van der Waals surface area contributed by atoms with Crippen molar-refractivity contribution >= 4 is 17.3 Å². The van der Waals surface area contributed by atoms with Crippen LogP contribution in [0.1, 0.15) is 11.1 Å². The minimum atomic E-state index is 0.0131. The molecule has 4 nitrogen and oxygen atoms in total. The van der Waals surface area contributed by atoms with E-state index < -0.39 is 0 Å². The summed E-state index contributed by atoms with van der Waals surface area (Å²) >= 11 is 0. The van der Waals surface area contributed by atoms with E-state index in [0.717, 1.165) is 36.4 Å². The third-order valence-corrected chi connectivity index (χ3v) is 3.81. The molecule has 21 heavy (non-hydrogen) atoms. The Hall–Kier alpha value is -2.33. The number of carbonyl (C=O) groups is 1. The van der Waals surface area contributed by atoms with Crippen molar-refractivity contribution in [3.8, 4) is 0 Å². The van der Waals surface area contributed by atoms with Gasteiger partial charge in [0.2, 0.25) is 5.91 Å². The second-order valence-corrected chi connectivity index (χ2v) is 5.36. The van der Waals surface area contributed by atoms with Gasteiger partial charge in [-0.25, -0.2) is 0 Å². The highest BCUT2D eigenvalue weighted by Gasteiger charge is 2.19. The fraction of sp³-hybridized carbons (Fsp3) is 0.235. The number of nitrogens with two attached hydrogens (primary N) is 1. The Morgan fingerprint density at radius 1 is 1.14 bits per heavy atom. The van der Waals surface area contributed by atoms with Gasteiger partial charge in [0, 0.05) is 24.5 Å². The van der Waals surface area contributed by atoms with Crippen molar-refractivity contribution < 1.29 is 4.79 Å². The number of nitrogen functional groups attached to an aromatic ring is 1. The van der Waals surface area contributed by atoms with E-state index in [1.165, 1.54) is 5.56 Å². The molecule has 1 aliphatic heterocycles. The monoisotopic (exact) mass is 281 g/mol. The third-order valence-electron chi connectivity index (χ3n) is 3.81. The lowest BCUT2D eigenvalue weighted by Crippen LogP contribution is -2.37. The molecule has 0 atom stereocenters. The SMILES string of the molecule is Nc1cccc2c1CN(CC(=O)Nc1ccccc1)CC2. The number of carbonyl (C=O) groups excluding carboxylic acids is 1. The fourth-order valence-corrected chi connectivity index (χ4v) is 2.72. The maximum Gasteiger partial charge on any atom is 0.238 e. The van der Waals surface area contributed by atoms with E-state index >= 15 is 0 Å². The summed E-state index contributed by atoms with van der Waals surface area (Å²) in [5.41, 5.74) is 10.1. The van der Waals surface area contributed by atoms with Crippen LogP contribution in [0.25, 0.3) is 0 Å². The normalized spacial score (nSPS) is 14.5. The number of hydrogen-bond donors (Lipinski definition) is 2. The van der Waals surface area contributed by atoms with E-state index in [0.29, 0.717) is 6.54 Å². The van der Waals surface area contributed by atoms with E-state index in [-0.39, 0.29) is 5.91 Å². The van der Waals surface area contributed by atoms with Crippen molar-refractivity contribution in [2.45, 2.75) is 13.0 Å². The van der Waals surface area contributed by atoms with Gasteiger partial charge in [-0.05, 0) is 35.7 Å². The van der Waals surface area contributed by atoms with Crippen LogP contribution in [0.2, 0.25) is 0 Å². The summed E-state index contributed by atoms with van der Waals surface area (Å²) in [5, 5.41) is 2.92. The molecule has 0 unspecified atom stereocenters. The van der Waals surface area contributed by atoms with Crippen LogP contribution >= 0.6 is 0 Å². The number of para-hydroxylation sites is 1. The topological polar surface area (TPSA) is 58.4 Å². The first-order valence-electron chi connectivity index (χ1n) is 7.16. The number of amides is 1. The third kappa shape index (κ3) is 3.23. The first-order valence-corrected chi connectivity index (χ1v) is 7.16. The van der Waals surface area contributed by atoms with Crippen LogP contribution < -0.4 is 11.1 Å². The Kier molecular flexibility index (Phi) is 3.88. The molecule has 0 aromatic heterocycles. The quantitative estimate of drug-likeness (QED) is 0.849. The van der Waals surface area contributed by atoms with E-state index in [1.54, 1.807) is 0 Å². The predicted molar refractivity (Wildman–Crippen MR) is 84.9 cm³/mol. The summed E-state index contributed by atoms with van der Waals surface area (Å²) < 4.78 is 0. The van der Waals surface area contributed by atoms with Gasteiger partial charge in [-0.2, -0.15) is 0 Å². The molecule has 1 amide bonds. The van der Waals surface area contributed by atoms with E-state index in [9.17, 15) is 4.79 Å². The van der Waals surface area contributed by atoms with Gasteiger partial charge in [0.15, 0.2) is 0 Å². The van der Waals surface area contributed by atoms with Crippen molar-refractivity contribution in [2.75, 3.05) is 24.1 Å². The molecule has 0 bridgehead atoms. The average molecular weight is 281 g/mol. The molecule has 2 aromatic rings. The summed E-state index contributed by atoms with van der Waals surface area (Å²) in [4.78, 5) is 14.2. The zero-order valence-electron chi connectivity index (χ0n) is 11.9. The van der Waals surface area contributed by atoms with Gasteiger partial charge < -0.3 is 11.1 Å². The number of benzene rings is 2. The molecule has 0 radical (unpaired) electrons. The number of nitrogens with one attached hydrogen (secondary N) is 1. The number of fused-ring (bicyclic) bond motifs is 1. The second-order valence-electron chi connectivity index (χ2n) is 5.36. The van der Waals surface area contributed by atoms with Gasteiger partial charge in [-0.15, -0.1) is 0 Å². The Morgan fingerprint density at radius 2 is 1.95 bits per heavy atom. The maximum atomic E-state index is 12.1. The van der Waals surface area contributed by atoms with Gasteiger partial charge in [-0.1, -0.05) is 30.3 Å². The first-order chi connectivity index (χ1) is 10.2. The van der Waals surface area contributed by atoms with Crippen LogP contribution in [-0.4, -0.2) is 23.9 Å². The van der Waals surface area contributed by atoms with Crippen LogP contribution in [0.15, 0.2) is 48.5 Å². The highest BCUT2D eigenvalue weighted by atomic mass is 16.2. The molecule has 3 N–H and O–H groups in total. The molecule has 0 aliphatic carbocycles. The lowest BCUT2D eigenvalue weighted by atomic mass is 9.98. The van der Waals surface area contributed by atoms with E-state index in [4.69, 9.17) is 5.73 Å². The summed E-state index contributed by atoms with van der Waals surface area (Å²) in [6.07, 6.45) is 0.943. The number of hydrogen-bond acceptors (Lipinski definition) is 3. The Bertz CT molecular complexity index is 640. The number of anilines is 2. The minimum Gasteiger partial charge on any atom is -0.398 e. The molecule has 4 heteroatoms. The van der Waals surface area contributed by atoms with Crippen molar-refractivity contribution in [2.24, 2.45) is 0 Å². The molecule has 2 aromatic carbocycles. The van der Waals surface area contributed by atoms with Gasteiger partial charge >= 0.3 is 0 Å². The molecular weight excluding hydrogens is 262 g/mol. The fourth-order valence-electron chi connectivity index (χ4n) is 2.72. The van der Waals surface area contributed by atoms with Crippen LogP contribution in [-0.2, 0) is 17.8 Å². The summed E-state index contributed by atoms with van der Waals surface area (Å²) in [6.45, 7) is 2.02. The average Bonchev–Trinajstić information content (AvgIpc) is 2.49. The molecule has 1 heterocycles. The molecule has 108 valence electrons. The zero-order chi connectivity index (χ0) is 14.7. The van der Waals surface area contributed by atoms with Gasteiger partial charge in [0.05, 0.1) is 6.54 Å². The van der Waals surface area contributed by atoms with Crippen molar-refractivity contribution in [3.05, 3.63) is 59.7 Å². The van der Waals surface area contributed by atoms with Gasteiger partial charge in [-0.3, -0.25) is 9.69 Å². The zero-order valence-corrected chi connectivity index (χ0v) is 11.9. The lowest BCUT2D eigenvalue weighted by molar-refractivity contribution is -0.117. The molecule has 0 saturated heterocycles. The standard InChI is InChI=1S/C17H19N3O/c18-16-8-4-5-13-9-10-20(11-15(13)16)12-17(21)19-14-6-2-1-3-7-14/h1-8H,9-12,18H2,(H,19,21). The molecule has 3 rings (SSSR count). The number of rotatable bonds is 3. The lowest BCUT2D eigenvalue weighted by Gasteiger charge is -2.29. The number of nitrogens with zero attached hydrogens (tertiary/aromatic N) is 1. The molecule has 0 fully saturated rings. The largest absolute Gasteiger partial charge is 0.398 e. The molecule has 0 saturated carbocycles. The van der Waals surface area contributed by atoms with Gasteiger partial charge in [0.1, 0.15) is 0 Å². The molecule has 1 aliphatic rings. The maximum absolute atomic E-state index is 12.1. The highest BCUT2D eigenvalue weighted by Crippen LogP contribution is 2.24. The summed E-state index contributed by atoms with van der Waals surface area (Å²) in [6, 6.07) is 15.6. The van der Waals surface area contributed by atoms with Crippen molar-refractivity contribution in [1.82, 2.24) is 4.90 Å². The Morgan fingerprint density at radius 3 is 2.76 bits per heavy atom. The smallest absolute Gasteiger partial charge is 0.238 e. The second kappa shape index (κ2) is 5.97. The van der Waals surface area contributed by atoms with Crippen LogP contribution in [0.5, 0.6) is 0 Å². The highest BCUT2D eigenvalue weighted by molar-refractivity contribution is 5.92. The summed E-state index contributed by atoms with van der Waals surface area (Å²) in [5.74, 6) is 0.0131. The van der Waals surface area contributed by atoms with Gasteiger partial charge in [0.25, 0.3) is 0 Å². The Balaban J connectivity index is 1.62.